The Morgan fingerprint density at radius 3 is 2.50 bits per heavy atom. The van der Waals surface area contributed by atoms with Gasteiger partial charge < -0.3 is 10.1 Å². The van der Waals surface area contributed by atoms with Crippen molar-refractivity contribution in [3.63, 3.8) is 0 Å². The predicted molar refractivity (Wildman–Crippen MR) is 81.0 cm³/mol. The molecule has 1 aromatic heterocycles. The normalized spacial score (nSPS) is 12.3. The van der Waals surface area contributed by atoms with Crippen molar-refractivity contribution >= 4 is 0 Å². The highest BCUT2D eigenvalue weighted by molar-refractivity contribution is 5.33. The summed E-state index contributed by atoms with van der Waals surface area (Å²) in [5, 5.41) is 8.07. The number of hydrogen-bond donors (Lipinski definition) is 1. The molecule has 0 saturated carbocycles. The third kappa shape index (κ3) is 3.61. The van der Waals surface area contributed by atoms with Gasteiger partial charge in [-0.3, -0.25) is 4.68 Å². The van der Waals surface area contributed by atoms with Crippen molar-refractivity contribution in [3.05, 3.63) is 47.8 Å². The topological polar surface area (TPSA) is 39.1 Å². The molecule has 0 fully saturated rings. The van der Waals surface area contributed by atoms with Gasteiger partial charge in [-0.1, -0.05) is 19.1 Å². The average Bonchev–Trinajstić information content (AvgIpc) is 2.88. The Balaban J connectivity index is 2.21. The molecule has 0 aliphatic rings. The predicted octanol–water partition coefficient (Wildman–Crippen LogP) is 2.91. The van der Waals surface area contributed by atoms with E-state index >= 15 is 0 Å². The number of nitrogens with one attached hydrogen (secondary N) is 1. The van der Waals surface area contributed by atoms with Crippen LogP contribution in [0, 0.1) is 0 Å². The van der Waals surface area contributed by atoms with E-state index in [1.807, 2.05) is 37.0 Å². The molecule has 0 amide bonds. The molecular formula is C16H23N3O. The minimum atomic E-state index is 0.131. The number of nitrogens with zero attached hydrogens (tertiary/aromatic N) is 2. The van der Waals surface area contributed by atoms with Gasteiger partial charge >= 0.3 is 0 Å². The summed E-state index contributed by atoms with van der Waals surface area (Å²) >= 11 is 0. The molecule has 1 unspecified atom stereocenters. The molecule has 2 aromatic rings. The zero-order valence-corrected chi connectivity index (χ0v) is 12.5. The van der Waals surface area contributed by atoms with Gasteiger partial charge in [-0.2, -0.15) is 5.10 Å². The van der Waals surface area contributed by atoms with Crippen molar-refractivity contribution in [2.45, 2.75) is 26.3 Å². The third-order valence-electron chi connectivity index (χ3n) is 3.15. The smallest absolute Gasteiger partial charge is 0.119 e. The minimum Gasteiger partial charge on any atom is -0.494 e. The number of ether oxygens (including phenoxy) is 1. The number of hydrogen-bond acceptors (Lipinski definition) is 3. The van der Waals surface area contributed by atoms with E-state index < -0.39 is 0 Å². The summed E-state index contributed by atoms with van der Waals surface area (Å²) in [4.78, 5) is 0. The lowest BCUT2D eigenvalue weighted by atomic mass is 10.0. The van der Waals surface area contributed by atoms with Gasteiger partial charge in [0.2, 0.25) is 0 Å². The van der Waals surface area contributed by atoms with Gasteiger partial charge in [0.05, 0.1) is 18.3 Å². The van der Waals surface area contributed by atoms with Crippen molar-refractivity contribution in [2.24, 2.45) is 7.05 Å². The Bertz CT molecular complexity index is 519. The van der Waals surface area contributed by atoms with Gasteiger partial charge in [-0.15, -0.1) is 0 Å². The molecule has 0 bridgehead atoms. The van der Waals surface area contributed by atoms with E-state index in [1.54, 1.807) is 0 Å². The van der Waals surface area contributed by atoms with E-state index in [9.17, 15) is 0 Å². The van der Waals surface area contributed by atoms with Crippen LogP contribution in [0.4, 0.5) is 0 Å². The van der Waals surface area contributed by atoms with Crippen molar-refractivity contribution < 1.29 is 4.74 Å². The molecule has 0 aliphatic carbocycles. The number of aryl methyl sites for hydroxylation is 1. The maximum atomic E-state index is 5.49. The first-order valence-electron chi connectivity index (χ1n) is 7.20. The lowest BCUT2D eigenvalue weighted by molar-refractivity contribution is 0.340. The van der Waals surface area contributed by atoms with Gasteiger partial charge in [0.25, 0.3) is 0 Å². The highest BCUT2D eigenvalue weighted by Crippen LogP contribution is 2.23. The highest BCUT2D eigenvalue weighted by Gasteiger charge is 2.15. The fourth-order valence-corrected chi connectivity index (χ4v) is 2.19. The first-order chi connectivity index (χ1) is 9.74. The van der Waals surface area contributed by atoms with Crippen LogP contribution in [0.5, 0.6) is 5.75 Å². The van der Waals surface area contributed by atoms with Gasteiger partial charge in [0.1, 0.15) is 5.75 Å². The third-order valence-corrected chi connectivity index (χ3v) is 3.15. The van der Waals surface area contributed by atoms with Gasteiger partial charge in [-0.25, -0.2) is 0 Å². The van der Waals surface area contributed by atoms with Crippen LogP contribution in [0.2, 0.25) is 0 Å². The van der Waals surface area contributed by atoms with E-state index in [-0.39, 0.29) is 6.04 Å². The first kappa shape index (κ1) is 14.6. The number of rotatable bonds is 7. The summed E-state index contributed by atoms with van der Waals surface area (Å²) in [6.45, 7) is 5.82. The fraction of sp³-hybridized carbons (Fsp3) is 0.438. The molecule has 1 aromatic carbocycles. The lowest BCUT2D eigenvalue weighted by Crippen LogP contribution is -2.23. The average molecular weight is 273 g/mol. The Morgan fingerprint density at radius 1 is 1.20 bits per heavy atom. The van der Waals surface area contributed by atoms with Crippen molar-refractivity contribution in [2.75, 3.05) is 13.2 Å². The van der Waals surface area contributed by atoms with Crippen LogP contribution >= 0.6 is 0 Å². The van der Waals surface area contributed by atoms with Gasteiger partial charge in [0, 0.05) is 13.2 Å². The molecule has 0 saturated heterocycles. The van der Waals surface area contributed by atoms with Crippen molar-refractivity contribution in [1.29, 1.82) is 0 Å². The van der Waals surface area contributed by atoms with Crippen LogP contribution < -0.4 is 10.1 Å². The summed E-state index contributed by atoms with van der Waals surface area (Å²) in [7, 11) is 1.94. The quantitative estimate of drug-likeness (QED) is 0.843. The van der Waals surface area contributed by atoms with Gasteiger partial charge in [0.15, 0.2) is 0 Å². The van der Waals surface area contributed by atoms with Crippen molar-refractivity contribution in [3.8, 4) is 5.75 Å². The zero-order chi connectivity index (χ0) is 14.4. The lowest BCUT2D eigenvalue weighted by Gasteiger charge is -2.17. The van der Waals surface area contributed by atoms with Crippen LogP contribution in [-0.4, -0.2) is 22.9 Å². The van der Waals surface area contributed by atoms with Crippen LogP contribution in [0.25, 0.3) is 0 Å². The van der Waals surface area contributed by atoms with E-state index in [0.29, 0.717) is 6.61 Å². The van der Waals surface area contributed by atoms with E-state index in [1.165, 1.54) is 5.56 Å². The van der Waals surface area contributed by atoms with Crippen LogP contribution in [0.3, 0.4) is 0 Å². The molecule has 1 N–H and O–H groups in total. The second kappa shape index (κ2) is 7.10. The molecule has 0 spiro atoms. The Morgan fingerprint density at radius 2 is 1.95 bits per heavy atom. The van der Waals surface area contributed by atoms with Crippen molar-refractivity contribution in [1.82, 2.24) is 15.1 Å². The van der Waals surface area contributed by atoms with Crippen LogP contribution in [0.15, 0.2) is 36.5 Å². The summed E-state index contributed by atoms with van der Waals surface area (Å²) in [6, 6.07) is 10.4. The molecule has 0 aliphatic heterocycles. The maximum Gasteiger partial charge on any atom is 0.119 e. The SMILES string of the molecule is CCCNC(c1ccc(OCC)cc1)c1ccn(C)n1. The van der Waals surface area contributed by atoms with E-state index in [0.717, 1.165) is 24.4 Å². The second-order valence-electron chi connectivity index (χ2n) is 4.80. The van der Waals surface area contributed by atoms with E-state index in [2.05, 4.69) is 35.5 Å². The minimum absolute atomic E-state index is 0.131. The molecule has 20 heavy (non-hydrogen) atoms. The molecule has 4 nitrogen and oxygen atoms in total. The molecule has 2 rings (SSSR count). The standard InChI is InChI=1S/C16H23N3O/c1-4-11-17-16(15-10-12-19(3)18-15)13-6-8-14(9-7-13)20-5-2/h6-10,12,16-17H,4-5,11H2,1-3H3. The monoisotopic (exact) mass is 273 g/mol. The number of aromatic nitrogens is 2. The van der Waals surface area contributed by atoms with E-state index in [4.69, 9.17) is 4.74 Å². The molecule has 0 radical (unpaired) electrons. The first-order valence-corrected chi connectivity index (χ1v) is 7.20. The summed E-state index contributed by atoms with van der Waals surface area (Å²) < 4.78 is 7.33. The van der Waals surface area contributed by atoms with Crippen LogP contribution in [-0.2, 0) is 7.05 Å². The summed E-state index contributed by atoms with van der Waals surface area (Å²) in [5.74, 6) is 0.909. The Kier molecular flexibility index (Phi) is 5.18. The molecule has 1 heterocycles. The molecular weight excluding hydrogens is 250 g/mol. The largest absolute Gasteiger partial charge is 0.494 e. The Hall–Kier alpha value is -1.81. The summed E-state index contributed by atoms with van der Waals surface area (Å²) in [6.07, 6.45) is 3.07. The molecule has 1 atom stereocenters. The molecule has 108 valence electrons. The maximum absolute atomic E-state index is 5.49. The fourth-order valence-electron chi connectivity index (χ4n) is 2.19. The summed E-state index contributed by atoms with van der Waals surface area (Å²) in [5.41, 5.74) is 2.26. The zero-order valence-electron chi connectivity index (χ0n) is 12.5. The number of benzene rings is 1. The second-order valence-corrected chi connectivity index (χ2v) is 4.80. The Labute approximate surface area is 120 Å². The highest BCUT2D eigenvalue weighted by atomic mass is 16.5. The molecule has 4 heteroatoms. The van der Waals surface area contributed by atoms with Gasteiger partial charge in [-0.05, 0) is 43.7 Å². The van der Waals surface area contributed by atoms with Crippen LogP contribution in [0.1, 0.15) is 37.6 Å².